The highest BCUT2D eigenvalue weighted by molar-refractivity contribution is 7.98. The minimum Gasteiger partial charge on any atom is -0.488 e. The molecule has 73 heavy (non-hydrogen) atoms. The van der Waals surface area contributed by atoms with Gasteiger partial charge in [0.25, 0.3) is 0 Å². The Morgan fingerprint density at radius 3 is 1.59 bits per heavy atom. The highest BCUT2D eigenvalue weighted by atomic mass is 35.5. The summed E-state index contributed by atoms with van der Waals surface area (Å²) in [6.45, 7) is 5.13. The number of nitrogens with one attached hydrogen (secondary N) is 2. The van der Waals surface area contributed by atoms with Crippen LogP contribution in [0.15, 0.2) is 103 Å². The lowest BCUT2D eigenvalue weighted by molar-refractivity contribution is -0.140. The maximum atomic E-state index is 12.1. The summed E-state index contributed by atoms with van der Waals surface area (Å²) in [7, 11) is 1.69. The van der Waals surface area contributed by atoms with E-state index in [9.17, 15) is 25.1 Å². The lowest BCUT2D eigenvalue weighted by Gasteiger charge is -2.20. The Bertz CT molecular complexity index is 2940. The van der Waals surface area contributed by atoms with Crippen molar-refractivity contribution in [1.82, 2.24) is 20.6 Å². The first kappa shape index (κ1) is 56.0. The summed E-state index contributed by atoms with van der Waals surface area (Å²) < 4.78 is 25.5. The van der Waals surface area contributed by atoms with Gasteiger partial charge in [0.05, 0.1) is 15.6 Å². The molecule has 0 bridgehead atoms. The second-order valence-corrected chi connectivity index (χ2v) is 19.7. The molecule has 0 saturated heterocycles. The van der Waals surface area contributed by atoms with Gasteiger partial charge in [0.15, 0.2) is 0 Å². The van der Waals surface area contributed by atoms with Gasteiger partial charge in [0.1, 0.15) is 67.6 Å². The van der Waals surface area contributed by atoms with Crippen molar-refractivity contribution in [3.05, 3.63) is 163 Å². The molecule has 2 atom stereocenters. The van der Waals surface area contributed by atoms with Crippen molar-refractivity contribution in [2.24, 2.45) is 4.99 Å². The Kier molecular flexibility index (Phi) is 21.6. The van der Waals surface area contributed by atoms with E-state index in [0.29, 0.717) is 79.6 Å². The van der Waals surface area contributed by atoms with Gasteiger partial charge in [-0.2, -0.15) is 28.8 Å². The number of nitriles is 1. The average Bonchev–Trinajstić information content (AvgIpc) is 3.38. The second kappa shape index (κ2) is 28.2. The summed E-state index contributed by atoms with van der Waals surface area (Å²) in [4.78, 5) is 36.7. The molecule has 0 radical (unpaired) electrons. The van der Waals surface area contributed by atoms with E-state index in [1.165, 1.54) is 6.20 Å². The molecular formula is C55H58Cl2N6O8S2. The molecule has 0 fully saturated rings. The van der Waals surface area contributed by atoms with E-state index in [-0.39, 0.29) is 39.5 Å². The number of aliphatic imine (C=N–C) groups is 1. The van der Waals surface area contributed by atoms with Crippen molar-refractivity contribution >= 4 is 64.9 Å². The van der Waals surface area contributed by atoms with Crippen molar-refractivity contribution in [3.8, 4) is 40.2 Å². The number of ether oxygens (including phenoxy) is 4. The topological polar surface area (TPSA) is 198 Å². The molecule has 0 aliphatic rings. The number of rotatable bonds is 28. The van der Waals surface area contributed by atoms with Crippen molar-refractivity contribution in [3.63, 3.8) is 0 Å². The zero-order valence-electron chi connectivity index (χ0n) is 41.2. The molecule has 2 heterocycles. The van der Waals surface area contributed by atoms with Gasteiger partial charge in [-0.1, -0.05) is 59.6 Å². The zero-order chi connectivity index (χ0) is 52.3. The standard InChI is InChI=1S/C55H58Cl2N6O8S2/c1-34-40(32-70-52-20-50(68-30-38-16-36(22-58)24-60-26-38)42(18-46(52)56)28-62-48(54(64)65)12-14-72-4)8-6-10-44(34)45-11-7-9-41(35(45)2)33-71-53-21-51(69-31-39-17-37(23-59-3)25-61-27-39)43(19-47(53)57)29-63-49(55(66)67)13-15-73-5/h6-11,16-21,23-27,48-49,62-63H,12-15,28-33H2,1-5H3,(H,64,65)(H,66,67). The van der Waals surface area contributed by atoms with E-state index in [1.807, 2.05) is 49.8 Å². The second-order valence-electron chi connectivity index (χ2n) is 16.9. The van der Waals surface area contributed by atoms with Crippen LogP contribution in [0.2, 0.25) is 10.0 Å². The molecule has 14 nitrogen and oxygen atoms in total. The quantitative estimate of drug-likeness (QED) is 0.0338. The minimum atomic E-state index is -0.946. The van der Waals surface area contributed by atoms with E-state index in [1.54, 1.807) is 85.7 Å². The Morgan fingerprint density at radius 2 is 1.14 bits per heavy atom. The maximum absolute atomic E-state index is 12.1. The van der Waals surface area contributed by atoms with Crippen LogP contribution in [-0.2, 0) is 49.1 Å². The van der Waals surface area contributed by atoms with E-state index in [0.717, 1.165) is 44.5 Å². The minimum absolute atomic E-state index is 0.0984. The highest BCUT2D eigenvalue weighted by Gasteiger charge is 2.22. The molecule has 4 N–H and O–H groups in total. The number of carbonyl (C=O) groups is 2. The molecule has 0 amide bonds. The number of hydrogen-bond acceptors (Lipinski definition) is 14. The van der Waals surface area contributed by atoms with Crippen LogP contribution in [0.3, 0.4) is 0 Å². The molecule has 0 aliphatic carbocycles. The Morgan fingerprint density at radius 1 is 0.671 bits per heavy atom. The van der Waals surface area contributed by atoms with Gasteiger partial charge in [-0.15, -0.1) is 0 Å². The predicted molar refractivity (Wildman–Crippen MR) is 291 cm³/mol. The van der Waals surface area contributed by atoms with Crippen LogP contribution in [0, 0.1) is 25.2 Å². The predicted octanol–water partition coefficient (Wildman–Crippen LogP) is 10.9. The van der Waals surface area contributed by atoms with Gasteiger partial charge in [-0.05, 0) is 108 Å². The molecule has 0 saturated carbocycles. The van der Waals surface area contributed by atoms with Crippen LogP contribution < -0.4 is 29.6 Å². The molecule has 4 aromatic carbocycles. The third kappa shape index (κ3) is 16.1. The number of aliphatic carboxylic acids is 2. The molecule has 18 heteroatoms. The Hall–Kier alpha value is -6.32. The number of aromatic nitrogens is 2. The lowest BCUT2D eigenvalue weighted by atomic mass is 9.92. The molecule has 2 unspecified atom stereocenters. The van der Waals surface area contributed by atoms with Gasteiger partial charge >= 0.3 is 11.9 Å². The van der Waals surface area contributed by atoms with E-state index in [4.69, 9.17) is 42.1 Å². The smallest absolute Gasteiger partial charge is 0.320 e. The average molecular weight is 1070 g/mol. The third-order valence-electron chi connectivity index (χ3n) is 11.9. The summed E-state index contributed by atoms with van der Waals surface area (Å²) in [6.07, 6.45) is 13.0. The van der Waals surface area contributed by atoms with Crippen LogP contribution in [0.5, 0.6) is 23.0 Å². The lowest BCUT2D eigenvalue weighted by Crippen LogP contribution is -2.36. The summed E-state index contributed by atoms with van der Waals surface area (Å²) in [5, 5.41) is 36.1. The monoisotopic (exact) mass is 1060 g/mol. The zero-order valence-corrected chi connectivity index (χ0v) is 44.4. The first-order valence-electron chi connectivity index (χ1n) is 23.3. The molecule has 0 aliphatic heterocycles. The number of hydrogen-bond donors (Lipinski definition) is 4. The highest BCUT2D eigenvalue weighted by Crippen LogP contribution is 2.38. The maximum Gasteiger partial charge on any atom is 0.320 e. The Labute approximate surface area is 444 Å². The fraction of sp³-hybridized carbons (Fsp3) is 0.309. The van der Waals surface area contributed by atoms with Gasteiger partial charge in [-0.25, -0.2) is 0 Å². The fourth-order valence-electron chi connectivity index (χ4n) is 7.81. The van der Waals surface area contributed by atoms with Crippen LogP contribution >= 0.6 is 46.7 Å². The fourth-order valence-corrected chi connectivity index (χ4v) is 9.24. The van der Waals surface area contributed by atoms with Crippen LogP contribution in [0.4, 0.5) is 0 Å². The SMILES string of the molecule is CN=Cc1cncc(COc2cc(OCc3cccc(-c4cccc(COc5cc(OCc6cncc(C#N)c6)c(CNC(CCSC)C(=O)O)cc5Cl)c4C)c3C)c(Cl)cc2CNC(CCSC)C(=O)O)c1. The number of nitrogens with zero attached hydrogens (tertiary/aromatic N) is 4. The molecule has 6 rings (SSSR count). The van der Waals surface area contributed by atoms with Crippen molar-refractivity contribution in [2.45, 2.75) is 78.3 Å². The number of carboxylic acid groups (broad SMARTS) is 2. The third-order valence-corrected chi connectivity index (χ3v) is 13.8. The summed E-state index contributed by atoms with van der Waals surface area (Å²) >= 11 is 16.9. The number of pyridine rings is 2. The van der Waals surface area contributed by atoms with Crippen LogP contribution in [0.25, 0.3) is 11.1 Å². The Balaban J connectivity index is 1.21. The van der Waals surface area contributed by atoms with E-state index >= 15 is 0 Å². The molecule has 382 valence electrons. The van der Waals surface area contributed by atoms with E-state index in [2.05, 4.69) is 50.7 Å². The normalized spacial score (nSPS) is 12.0. The number of carboxylic acids is 2. The number of benzene rings is 4. The van der Waals surface area contributed by atoms with Gasteiger partial charge < -0.3 is 39.8 Å². The molecule has 2 aromatic heterocycles. The summed E-state index contributed by atoms with van der Waals surface area (Å²) in [6, 6.07) is 23.2. The molecular weight excluding hydrogens is 1010 g/mol. The molecule has 0 spiro atoms. The number of thioether (sulfide) groups is 2. The molecule has 6 aromatic rings. The van der Waals surface area contributed by atoms with E-state index < -0.39 is 24.0 Å². The van der Waals surface area contributed by atoms with Crippen LogP contribution in [-0.4, -0.2) is 81.5 Å². The summed E-state index contributed by atoms with van der Waals surface area (Å²) in [5.41, 5.74) is 9.94. The number of halogens is 2. The first-order chi connectivity index (χ1) is 35.3. The van der Waals surface area contributed by atoms with Crippen LogP contribution in [0.1, 0.15) is 68.5 Å². The van der Waals surface area contributed by atoms with Crippen molar-refractivity contribution < 1.29 is 38.7 Å². The summed E-state index contributed by atoms with van der Waals surface area (Å²) in [5.74, 6) is 1.19. The van der Waals surface area contributed by atoms with Crippen molar-refractivity contribution in [1.29, 1.82) is 5.26 Å². The van der Waals surface area contributed by atoms with Gasteiger partial charge in [0, 0.05) is 91.1 Å². The van der Waals surface area contributed by atoms with Gasteiger partial charge in [-0.3, -0.25) is 24.5 Å². The largest absolute Gasteiger partial charge is 0.488 e. The van der Waals surface area contributed by atoms with Gasteiger partial charge in [0.2, 0.25) is 0 Å². The first-order valence-corrected chi connectivity index (χ1v) is 26.8. The van der Waals surface area contributed by atoms with Crippen molar-refractivity contribution in [2.75, 3.05) is 31.1 Å².